The summed E-state index contributed by atoms with van der Waals surface area (Å²) in [4.78, 5) is 0.958. The minimum Gasteiger partial charge on any atom is -0.392 e. The lowest BCUT2D eigenvalue weighted by Crippen LogP contribution is -2.10. The van der Waals surface area contributed by atoms with E-state index in [9.17, 15) is 0 Å². The highest BCUT2D eigenvalue weighted by molar-refractivity contribution is 8.04. The molecule has 0 atom stereocenters. The van der Waals surface area contributed by atoms with Crippen molar-refractivity contribution in [3.05, 3.63) is 11.0 Å². The zero-order chi connectivity index (χ0) is 10.4. The van der Waals surface area contributed by atoms with Gasteiger partial charge in [0, 0.05) is 15.9 Å². The van der Waals surface area contributed by atoms with Crippen LogP contribution in [0.3, 0.4) is 0 Å². The van der Waals surface area contributed by atoms with Gasteiger partial charge < -0.3 is 10.5 Å². The van der Waals surface area contributed by atoms with Gasteiger partial charge in [0.1, 0.15) is 0 Å². The second kappa shape index (κ2) is 6.25. The zero-order valence-corrected chi connectivity index (χ0v) is 9.57. The van der Waals surface area contributed by atoms with E-state index in [2.05, 4.69) is 0 Å². The Morgan fingerprint density at radius 2 is 2.07 bits per heavy atom. The summed E-state index contributed by atoms with van der Waals surface area (Å²) in [5, 5.41) is 17.1. The van der Waals surface area contributed by atoms with E-state index < -0.39 is 0 Å². The highest BCUT2D eigenvalue weighted by Gasteiger charge is 2.16. The second-order valence-electron chi connectivity index (χ2n) is 3.75. The van der Waals surface area contributed by atoms with Crippen molar-refractivity contribution in [2.75, 3.05) is 6.61 Å². The predicted molar refractivity (Wildman–Crippen MR) is 63.0 cm³/mol. The number of aliphatic hydroxyl groups is 1. The summed E-state index contributed by atoms with van der Waals surface area (Å²) in [6, 6.07) is 0. The van der Waals surface area contributed by atoms with Crippen LogP contribution in [0.1, 0.15) is 39.0 Å². The summed E-state index contributed by atoms with van der Waals surface area (Å²) in [5.74, 6) is 0. The van der Waals surface area contributed by atoms with Crippen molar-refractivity contribution in [2.24, 2.45) is 0 Å². The molecule has 0 aliphatic heterocycles. The standard InChI is InChI=1S/C11H19NOS/c1-9(12)11(7-8-13)14-10-5-3-2-4-6-10/h7,10,12-13H,2-6,8H2,1H3/b11-7+,12-9?. The lowest BCUT2D eigenvalue weighted by molar-refractivity contribution is 0.342. The molecule has 0 spiro atoms. The average Bonchev–Trinajstić information content (AvgIpc) is 2.18. The first-order valence-corrected chi connectivity index (χ1v) is 6.15. The van der Waals surface area contributed by atoms with E-state index in [0.29, 0.717) is 11.0 Å². The van der Waals surface area contributed by atoms with E-state index in [1.54, 1.807) is 24.8 Å². The van der Waals surface area contributed by atoms with Crippen LogP contribution in [0.15, 0.2) is 11.0 Å². The zero-order valence-electron chi connectivity index (χ0n) is 8.75. The molecule has 1 aliphatic rings. The molecule has 1 aliphatic carbocycles. The molecule has 0 saturated heterocycles. The molecule has 0 heterocycles. The van der Waals surface area contributed by atoms with Crippen molar-refractivity contribution in [3.63, 3.8) is 0 Å². The lowest BCUT2D eigenvalue weighted by Gasteiger charge is -2.21. The van der Waals surface area contributed by atoms with Crippen LogP contribution in [0.25, 0.3) is 0 Å². The van der Waals surface area contributed by atoms with Crippen LogP contribution < -0.4 is 0 Å². The van der Waals surface area contributed by atoms with E-state index in [1.165, 1.54) is 32.1 Å². The van der Waals surface area contributed by atoms with Crippen LogP contribution in [0.5, 0.6) is 0 Å². The Hall–Kier alpha value is -0.280. The summed E-state index contributed by atoms with van der Waals surface area (Å²) < 4.78 is 0. The fourth-order valence-electron chi connectivity index (χ4n) is 1.74. The van der Waals surface area contributed by atoms with Crippen LogP contribution in [0.4, 0.5) is 0 Å². The molecular formula is C11H19NOS. The Morgan fingerprint density at radius 3 is 2.57 bits per heavy atom. The molecule has 1 fully saturated rings. The highest BCUT2D eigenvalue weighted by Crippen LogP contribution is 2.33. The summed E-state index contributed by atoms with van der Waals surface area (Å²) in [6.07, 6.45) is 8.28. The van der Waals surface area contributed by atoms with Gasteiger partial charge in [0.25, 0.3) is 0 Å². The Balaban J connectivity index is 2.46. The molecule has 0 aromatic heterocycles. The Labute approximate surface area is 90.3 Å². The third kappa shape index (κ3) is 3.84. The maximum Gasteiger partial charge on any atom is 0.0626 e. The van der Waals surface area contributed by atoms with Gasteiger partial charge in [-0.2, -0.15) is 0 Å². The molecular weight excluding hydrogens is 194 g/mol. The Morgan fingerprint density at radius 1 is 1.43 bits per heavy atom. The fourth-order valence-corrected chi connectivity index (χ4v) is 3.01. The number of hydrogen-bond acceptors (Lipinski definition) is 3. The van der Waals surface area contributed by atoms with E-state index in [1.807, 2.05) is 0 Å². The van der Waals surface area contributed by atoms with Crippen LogP contribution in [0.2, 0.25) is 0 Å². The van der Waals surface area contributed by atoms with Gasteiger partial charge in [-0.1, -0.05) is 19.3 Å². The smallest absolute Gasteiger partial charge is 0.0626 e. The molecule has 0 bridgehead atoms. The van der Waals surface area contributed by atoms with Crippen LogP contribution in [-0.4, -0.2) is 22.7 Å². The molecule has 0 aromatic carbocycles. The van der Waals surface area contributed by atoms with Gasteiger partial charge in [-0.05, 0) is 25.8 Å². The lowest BCUT2D eigenvalue weighted by atomic mass is 10.0. The largest absolute Gasteiger partial charge is 0.392 e. The number of thioether (sulfide) groups is 1. The number of nitrogens with one attached hydrogen (secondary N) is 1. The number of hydrogen-bond donors (Lipinski definition) is 2. The first-order chi connectivity index (χ1) is 6.74. The normalized spacial score (nSPS) is 19.7. The van der Waals surface area contributed by atoms with Gasteiger partial charge in [-0.15, -0.1) is 11.8 Å². The molecule has 0 amide bonds. The van der Waals surface area contributed by atoms with E-state index in [0.717, 1.165) is 4.91 Å². The Kier molecular flexibility index (Phi) is 5.26. The molecule has 80 valence electrons. The average molecular weight is 213 g/mol. The van der Waals surface area contributed by atoms with Crippen molar-refractivity contribution < 1.29 is 5.11 Å². The van der Waals surface area contributed by atoms with Gasteiger partial charge in [-0.25, -0.2) is 0 Å². The van der Waals surface area contributed by atoms with Gasteiger partial charge in [-0.3, -0.25) is 0 Å². The fraction of sp³-hybridized carbons (Fsp3) is 0.727. The molecule has 0 radical (unpaired) electrons. The van der Waals surface area contributed by atoms with Crippen molar-refractivity contribution in [3.8, 4) is 0 Å². The molecule has 1 rings (SSSR count). The maximum absolute atomic E-state index is 8.83. The molecule has 14 heavy (non-hydrogen) atoms. The third-order valence-electron chi connectivity index (χ3n) is 2.49. The van der Waals surface area contributed by atoms with Crippen LogP contribution in [-0.2, 0) is 0 Å². The number of aliphatic hydroxyl groups excluding tert-OH is 1. The van der Waals surface area contributed by atoms with E-state index in [-0.39, 0.29) is 6.61 Å². The highest BCUT2D eigenvalue weighted by atomic mass is 32.2. The van der Waals surface area contributed by atoms with Crippen molar-refractivity contribution in [1.82, 2.24) is 0 Å². The topological polar surface area (TPSA) is 44.1 Å². The van der Waals surface area contributed by atoms with Crippen LogP contribution >= 0.6 is 11.8 Å². The molecule has 1 saturated carbocycles. The minimum atomic E-state index is 0.0469. The quantitative estimate of drug-likeness (QED) is 0.705. The SMILES string of the molecule is CC(=N)/C(=C\CO)SC1CCCCC1. The molecule has 0 unspecified atom stereocenters. The number of rotatable bonds is 4. The van der Waals surface area contributed by atoms with Gasteiger partial charge in [0.15, 0.2) is 0 Å². The van der Waals surface area contributed by atoms with Gasteiger partial charge in [0.2, 0.25) is 0 Å². The monoisotopic (exact) mass is 213 g/mol. The van der Waals surface area contributed by atoms with Crippen LogP contribution in [0, 0.1) is 5.41 Å². The summed E-state index contributed by atoms with van der Waals surface area (Å²) in [5.41, 5.74) is 0.578. The molecule has 2 nitrogen and oxygen atoms in total. The first-order valence-electron chi connectivity index (χ1n) is 5.27. The van der Waals surface area contributed by atoms with E-state index in [4.69, 9.17) is 10.5 Å². The van der Waals surface area contributed by atoms with E-state index >= 15 is 0 Å². The van der Waals surface area contributed by atoms with Crippen molar-refractivity contribution >= 4 is 17.5 Å². The van der Waals surface area contributed by atoms with Gasteiger partial charge >= 0.3 is 0 Å². The van der Waals surface area contributed by atoms with Gasteiger partial charge in [0.05, 0.1) is 6.61 Å². The summed E-state index contributed by atoms with van der Waals surface area (Å²) in [7, 11) is 0. The number of allylic oxidation sites excluding steroid dienone is 1. The second-order valence-corrected chi connectivity index (χ2v) is 5.10. The Bertz CT molecular complexity index is 219. The molecule has 2 N–H and O–H groups in total. The first kappa shape index (κ1) is 11.8. The van der Waals surface area contributed by atoms with Crippen molar-refractivity contribution in [1.29, 1.82) is 5.41 Å². The predicted octanol–water partition coefficient (Wildman–Crippen LogP) is 2.97. The molecule has 3 heteroatoms. The van der Waals surface area contributed by atoms with Crippen molar-refractivity contribution in [2.45, 2.75) is 44.3 Å². The third-order valence-corrected chi connectivity index (χ3v) is 4.02. The summed E-state index contributed by atoms with van der Waals surface area (Å²) >= 11 is 1.77. The summed E-state index contributed by atoms with van der Waals surface area (Å²) in [6.45, 7) is 1.84. The maximum atomic E-state index is 8.83. The minimum absolute atomic E-state index is 0.0469. The molecule has 0 aromatic rings.